The Hall–Kier alpha value is -4.00. The molecule has 0 bridgehead atoms. The largest absolute Gasteiger partial charge is 0.487 e. The van der Waals surface area contributed by atoms with Crippen molar-refractivity contribution in [3.63, 3.8) is 0 Å². The van der Waals surface area contributed by atoms with E-state index >= 15 is 0 Å². The van der Waals surface area contributed by atoms with Crippen LogP contribution in [-0.4, -0.2) is 25.9 Å². The minimum absolute atomic E-state index is 0.274. The zero-order chi connectivity index (χ0) is 20.9. The maximum absolute atomic E-state index is 12.7. The van der Waals surface area contributed by atoms with Gasteiger partial charge in [-0.25, -0.2) is 4.68 Å². The van der Waals surface area contributed by atoms with Crippen LogP contribution in [0.15, 0.2) is 72.9 Å². The van der Waals surface area contributed by atoms with Crippen molar-refractivity contribution in [2.45, 2.75) is 20.5 Å². The molecule has 4 aromatic rings. The summed E-state index contributed by atoms with van der Waals surface area (Å²) < 4.78 is 7.42. The van der Waals surface area contributed by atoms with Crippen LogP contribution in [0, 0.1) is 13.8 Å². The van der Waals surface area contributed by atoms with Crippen molar-refractivity contribution in [1.29, 1.82) is 0 Å². The lowest BCUT2D eigenvalue weighted by Gasteiger charge is -2.09. The first-order chi connectivity index (χ1) is 14.6. The number of carbonyl (C=O) groups is 1. The SMILES string of the molecule is Cc1ccc(-n2nnc(C(=O)Nc3cccc(OCc4ccccn4)c3)c2C)cc1. The van der Waals surface area contributed by atoms with Crippen molar-refractivity contribution in [3.8, 4) is 11.4 Å². The normalized spacial score (nSPS) is 10.6. The van der Waals surface area contributed by atoms with Crippen molar-refractivity contribution >= 4 is 11.6 Å². The van der Waals surface area contributed by atoms with Gasteiger partial charge in [0.2, 0.25) is 0 Å². The van der Waals surface area contributed by atoms with Gasteiger partial charge in [-0.2, -0.15) is 0 Å². The van der Waals surface area contributed by atoms with Crippen molar-refractivity contribution in [2.75, 3.05) is 5.32 Å². The highest BCUT2D eigenvalue weighted by Gasteiger charge is 2.17. The van der Waals surface area contributed by atoms with Crippen molar-refractivity contribution in [3.05, 3.63) is 95.6 Å². The summed E-state index contributed by atoms with van der Waals surface area (Å²) >= 11 is 0. The Morgan fingerprint density at radius 1 is 1.03 bits per heavy atom. The number of aryl methyl sites for hydroxylation is 1. The van der Waals surface area contributed by atoms with Gasteiger partial charge in [-0.3, -0.25) is 9.78 Å². The highest BCUT2D eigenvalue weighted by molar-refractivity contribution is 6.03. The summed E-state index contributed by atoms with van der Waals surface area (Å²) in [6, 6.07) is 20.8. The lowest BCUT2D eigenvalue weighted by Crippen LogP contribution is -2.14. The summed E-state index contributed by atoms with van der Waals surface area (Å²) in [5, 5.41) is 11.1. The Bertz CT molecular complexity index is 1150. The van der Waals surface area contributed by atoms with E-state index in [0.717, 1.165) is 16.9 Å². The van der Waals surface area contributed by atoms with Crippen LogP contribution in [0.2, 0.25) is 0 Å². The number of nitrogens with zero attached hydrogens (tertiary/aromatic N) is 4. The second-order valence-corrected chi connectivity index (χ2v) is 6.86. The molecule has 150 valence electrons. The second-order valence-electron chi connectivity index (χ2n) is 6.86. The predicted octanol–water partition coefficient (Wildman–Crippen LogP) is 4.11. The molecule has 0 saturated heterocycles. The average Bonchev–Trinajstić information content (AvgIpc) is 3.15. The number of pyridine rings is 1. The summed E-state index contributed by atoms with van der Waals surface area (Å²) in [6.07, 6.45) is 1.72. The highest BCUT2D eigenvalue weighted by atomic mass is 16.5. The van der Waals surface area contributed by atoms with Crippen LogP contribution in [0.25, 0.3) is 5.69 Å². The Labute approximate surface area is 174 Å². The number of aromatic nitrogens is 4. The molecule has 2 heterocycles. The number of hydrogen-bond acceptors (Lipinski definition) is 5. The molecule has 2 aromatic heterocycles. The second kappa shape index (κ2) is 8.57. The van der Waals surface area contributed by atoms with Gasteiger partial charge in [-0.1, -0.05) is 35.0 Å². The summed E-state index contributed by atoms with van der Waals surface area (Å²) in [4.78, 5) is 17.0. The topological polar surface area (TPSA) is 81.9 Å². The van der Waals surface area contributed by atoms with Crippen LogP contribution in [0.4, 0.5) is 5.69 Å². The molecule has 0 saturated carbocycles. The van der Waals surface area contributed by atoms with E-state index in [2.05, 4.69) is 20.6 Å². The highest BCUT2D eigenvalue weighted by Crippen LogP contribution is 2.20. The number of amides is 1. The molecular formula is C23H21N5O2. The molecule has 0 aliphatic carbocycles. The van der Waals surface area contributed by atoms with Gasteiger partial charge in [-0.15, -0.1) is 5.10 Å². The lowest BCUT2D eigenvalue weighted by molar-refractivity contribution is 0.102. The molecule has 0 unspecified atom stereocenters. The van der Waals surface area contributed by atoms with Gasteiger partial charge >= 0.3 is 0 Å². The van der Waals surface area contributed by atoms with E-state index < -0.39 is 0 Å². The molecule has 0 fully saturated rings. The Morgan fingerprint density at radius 2 is 1.87 bits per heavy atom. The number of benzene rings is 2. The molecule has 0 aliphatic heterocycles. The van der Waals surface area contributed by atoms with Crippen LogP contribution in [0.1, 0.15) is 27.4 Å². The first-order valence-corrected chi connectivity index (χ1v) is 9.53. The standard InChI is InChI=1S/C23H21N5O2/c1-16-9-11-20(12-10-16)28-17(2)22(26-27-28)23(29)25-18-7-5-8-21(14-18)30-15-19-6-3-4-13-24-19/h3-14H,15H2,1-2H3,(H,25,29). The smallest absolute Gasteiger partial charge is 0.278 e. The van der Waals surface area contributed by atoms with E-state index in [-0.39, 0.29) is 11.6 Å². The number of rotatable bonds is 6. The molecule has 1 N–H and O–H groups in total. The molecule has 0 atom stereocenters. The average molecular weight is 399 g/mol. The van der Waals surface area contributed by atoms with E-state index in [1.165, 1.54) is 0 Å². The molecule has 7 nitrogen and oxygen atoms in total. The van der Waals surface area contributed by atoms with Crippen molar-refractivity contribution in [2.24, 2.45) is 0 Å². The lowest BCUT2D eigenvalue weighted by atomic mass is 10.2. The number of carbonyl (C=O) groups excluding carboxylic acids is 1. The molecule has 7 heteroatoms. The summed E-state index contributed by atoms with van der Waals surface area (Å²) in [7, 11) is 0. The van der Waals surface area contributed by atoms with Crippen LogP contribution in [-0.2, 0) is 6.61 Å². The number of nitrogens with one attached hydrogen (secondary N) is 1. The minimum atomic E-state index is -0.326. The van der Waals surface area contributed by atoms with E-state index in [0.29, 0.717) is 23.7 Å². The Morgan fingerprint density at radius 3 is 2.63 bits per heavy atom. The van der Waals surface area contributed by atoms with Gasteiger partial charge in [0.15, 0.2) is 5.69 Å². The van der Waals surface area contributed by atoms with Crippen LogP contribution in [0.3, 0.4) is 0 Å². The van der Waals surface area contributed by atoms with E-state index in [9.17, 15) is 4.79 Å². The Kier molecular flexibility index (Phi) is 5.52. The van der Waals surface area contributed by atoms with Gasteiger partial charge < -0.3 is 10.1 Å². The number of hydrogen-bond donors (Lipinski definition) is 1. The third-order valence-corrected chi connectivity index (χ3v) is 4.59. The summed E-state index contributed by atoms with van der Waals surface area (Å²) in [5.41, 5.74) is 4.39. The summed E-state index contributed by atoms with van der Waals surface area (Å²) in [5.74, 6) is 0.311. The first kappa shape index (κ1) is 19.3. The van der Waals surface area contributed by atoms with E-state index in [4.69, 9.17) is 4.74 Å². The van der Waals surface area contributed by atoms with Gasteiger partial charge in [0.25, 0.3) is 5.91 Å². The number of ether oxygens (including phenoxy) is 1. The molecule has 0 spiro atoms. The molecular weight excluding hydrogens is 378 g/mol. The monoisotopic (exact) mass is 399 g/mol. The molecule has 4 rings (SSSR count). The third kappa shape index (κ3) is 4.35. The van der Waals surface area contributed by atoms with Crippen molar-refractivity contribution in [1.82, 2.24) is 20.0 Å². The molecule has 30 heavy (non-hydrogen) atoms. The quantitative estimate of drug-likeness (QED) is 0.528. The maximum Gasteiger partial charge on any atom is 0.278 e. The third-order valence-electron chi connectivity index (χ3n) is 4.59. The van der Waals surface area contributed by atoms with Crippen LogP contribution < -0.4 is 10.1 Å². The zero-order valence-corrected chi connectivity index (χ0v) is 16.7. The van der Waals surface area contributed by atoms with Gasteiger partial charge in [-0.05, 0) is 50.2 Å². The van der Waals surface area contributed by atoms with Gasteiger partial charge in [0, 0.05) is 18.0 Å². The molecule has 0 aliphatic rings. The molecule has 0 radical (unpaired) electrons. The summed E-state index contributed by atoms with van der Waals surface area (Å²) in [6.45, 7) is 4.19. The fraction of sp³-hybridized carbons (Fsp3) is 0.130. The first-order valence-electron chi connectivity index (χ1n) is 9.53. The predicted molar refractivity (Wildman–Crippen MR) is 114 cm³/mol. The number of anilines is 1. The fourth-order valence-corrected chi connectivity index (χ4v) is 2.96. The van der Waals surface area contributed by atoms with Crippen LogP contribution in [0.5, 0.6) is 5.75 Å². The van der Waals surface area contributed by atoms with Crippen molar-refractivity contribution < 1.29 is 9.53 Å². The molecule has 1 amide bonds. The Balaban J connectivity index is 1.46. The van der Waals surface area contributed by atoms with Gasteiger partial charge in [0.1, 0.15) is 12.4 Å². The maximum atomic E-state index is 12.7. The van der Waals surface area contributed by atoms with Crippen LogP contribution >= 0.6 is 0 Å². The zero-order valence-electron chi connectivity index (χ0n) is 16.7. The molecule has 2 aromatic carbocycles. The van der Waals surface area contributed by atoms with Gasteiger partial charge in [0.05, 0.1) is 17.1 Å². The van der Waals surface area contributed by atoms with E-state index in [1.807, 2.05) is 68.4 Å². The fourth-order valence-electron chi connectivity index (χ4n) is 2.96. The minimum Gasteiger partial charge on any atom is -0.487 e. The van der Waals surface area contributed by atoms with E-state index in [1.54, 1.807) is 23.0 Å².